The molecule has 5 nitrogen and oxygen atoms in total. The van der Waals surface area contributed by atoms with Gasteiger partial charge in [0, 0.05) is 20.2 Å². The number of benzene rings is 1. The minimum atomic E-state index is -3.67. The lowest BCUT2D eigenvalue weighted by molar-refractivity contribution is 0.0495. The number of sulfonamides is 1. The Balaban J connectivity index is 2.20. The summed E-state index contributed by atoms with van der Waals surface area (Å²) in [5.74, 6) is -0.380. The average Bonchev–Trinajstić information content (AvgIpc) is 2.45. The van der Waals surface area contributed by atoms with Gasteiger partial charge in [-0.2, -0.15) is 0 Å². The van der Waals surface area contributed by atoms with Crippen LogP contribution in [0.15, 0.2) is 17.0 Å². The Morgan fingerprint density at radius 1 is 1.48 bits per heavy atom. The normalized spacial score (nSPS) is 19.9. The number of hydrogen-bond donors (Lipinski definition) is 1. The molecule has 2 N–H and O–H groups in total. The monoisotopic (exact) mass is 316 g/mol. The van der Waals surface area contributed by atoms with Crippen molar-refractivity contribution in [2.45, 2.75) is 24.7 Å². The number of aryl methyl sites for hydroxylation is 1. The molecular formula is C14H21FN2O3S. The van der Waals surface area contributed by atoms with E-state index in [2.05, 4.69) is 0 Å². The van der Waals surface area contributed by atoms with Gasteiger partial charge in [0.1, 0.15) is 5.82 Å². The van der Waals surface area contributed by atoms with Crippen LogP contribution in [-0.4, -0.2) is 39.5 Å². The highest BCUT2D eigenvalue weighted by molar-refractivity contribution is 7.89. The molecule has 0 spiro atoms. The lowest BCUT2D eigenvalue weighted by Gasteiger charge is -2.26. The van der Waals surface area contributed by atoms with Gasteiger partial charge in [0.25, 0.3) is 0 Å². The summed E-state index contributed by atoms with van der Waals surface area (Å²) >= 11 is 0. The summed E-state index contributed by atoms with van der Waals surface area (Å²) in [5.41, 5.74) is 5.60. The second kappa shape index (κ2) is 6.29. The minimum absolute atomic E-state index is 0.0260. The first-order valence-corrected chi connectivity index (χ1v) is 8.36. The highest BCUT2D eigenvalue weighted by Gasteiger charge is 2.26. The quantitative estimate of drug-likeness (QED) is 0.859. The Hall–Kier alpha value is -1.18. The van der Waals surface area contributed by atoms with Crippen molar-refractivity contribution in [2.75, 3.05) is 32.5 Å². The van der Waals surface area contributed by atoms with Crippen LogP contribution in [-0.2, 0) is 14.8 Å². The topological polar surface area (TPSA) is 72.6 Å². The lowest BCUT2D eigenvalue weighted by atomic mass is 10.0. The Labute approximate surface area is 124 Å². The molecule has 1 unspecified atom stereocenters. The molecule has 0 aliphatic carbocycles. The van der Waals surface area contributed by atoms with Crippen LogP contribution >= 0.6 is 0 Å². The predicted octanol–water partition coefficient (Wildman–Crippen LogP) is 1.76. The molecule has 1 atom stereocenters. The summed E-state index contributed by atoms with van der Waals surface area (Å²) in [6.07, 6.45) is 1.89. The molecule has 118 valence electrons. The largest absolute Gasteiger partial charge is 0.396 e. The van der Waals surface area contributed by atoms with E-state index >= 15 is 0 Å². The Kier molecular flexibility index (Phi) is 4.85. The van der Waals surface area contributed by atoms with Gasteiger partial charge >= 0.3 is 0 Å². The molecule has 0 amide bonds. The van der Waals surface area contributed by atoms with Gasteiger partial charge in [-0.05, 0) is 43.4 Å². The summed E-state index contributed by atoms with van der Waals surface area (Å²) in [5, 5.41) is 0. The van der Waals surface area contributed by atoms with Crippen LogP contribution in [0, 0.1) is 18.7 Å². The zero-order valence-electron chi connectivity index (χ0n) is 12.3. The lowest BCUT2D eigenvalue weighted by Crippen LogP contribution is -2.35. The maximum Gasteiger partial charge on any atom is 0.242 e. The SMILES string of the molecule is Cc1cc(S(=O)(=O)N(C)CC2CCCOC2)cc(N)c1F. The molecule has 0 radical (unpaired) electrons. The maximum absolute atomic E-state index is 13.5. The summed E-state index contributed by atoms with van der Waals surface area (Å²) in [6, 6.07) is 2.49. The van der Waals surface area contributed by atoms with Gasteiger partial charge in [-0.1, -0.05) is 0 Å². The van der Waals surface area contributed by atoms with Gasteiger partial charge in [0.15, 0.2) is 0 Å². The van der Waals surface area contributed by atoms with E-state index in [1.165, 1.54) is 30.4 Å². The molecule has 1 aromatic carbocycles. The highest BCUT2D eigenvalue weighted by Crippen LogP contribution is 2.24. The number of nitrogens with zero attached hydrogens (tertiary/aromatic N) is 1. The maximum atomic E-state index is 13.5. The van der Waals surface area contributed by atoms with E-state index in [1.807, 2.05) is 0 Å². The van der Waals surface area contributed by atoms with E-state index in [9.17, 15) is 12.8 Å². The van der Waals surface area contributed by atoms with Gasteiger partial charge in [-0.3, -0.25) is 0 Å². The van der Waals surface area contributed by atoms with Crippen LogP contribution in [0.1, 0.15) is 18.4 Å². The average molecular weight is 316 g/mol. The molecule has 1 aliphatic rings. The smallest absolute Gasteiger partial charge is 0.242 e. The van der Waals surface area contributed by atoms with Crippen molar-refractivity contribution in [3.63, 3.8) is 0 Å². The molecule has 0 aromatic heterocycles. The molecule has 1 aromatic rings. The zero-order valence-corrected chi connectivity index (χ0v) is 13.1. The highest BCUT2D eigenvalue weighted by atomic mass is 32.2. The van der Waals surface area contributed by atoms with Gasteiger partial charge in [0.05, 0.1) is 17.2 Å². The molecular weight excluding hydrogens is 295 g/mol. The van der Waals surface area contributed by atoms with Crippen molar-refractivity contribution in [2.24, 2.45) is 5.92 Å². The number of nitrogens with two attached hydrogens (primary N) is 1. The second-order valence-electron chi connectivity index (χ2n) is 5.51. The van der Waals surface area contributed by atoms with Crippen molar-refractivity contribution in [1.29, 1.82) is 0 Å². The number of hydrogen-bond acceptors (Lipinski definition) is 4. The Morgan fingerprint density at radius 3 is 2.76 bits per heavy atom. The molecule has 1 saturated heterocycles. The predicted molar refractivity (Wildman–Crippen MR) is 78.9 cm³/mol. The van der Waals surface area contributed by atoms with Gasteiger partial charge in [-0.15, -0.1) is 0 Å². The first-order valence-electron chi connectivity index (χ1n) is 6.92. The van der Waals surface area contributed by atoms with Crippen LogP contribution in [0.4, 0.5) is 10.1 Å². The summed E-state index contributed by atoms with van der Waals surface area (Å²) < 4.78 is 45.2. The molecule has 1 fully saturated rings. The van der Waals surface area contributed by atoms with Crippen molar-refractivity contribution in [3.8, 4) is 0 Å². The fourth-order valence-electron chi connectivity index (χ4n) is 2.50. The molecule has 0 saturated carbocycles. The fraction of sp³-hybridized carbons (Fsp3) is 0.571. The van der Waals surface area contributed by atoms with Crippen LogP contribution in [0.2, 0.25) is 0 Å². The number of nitrogen functional groups attached to an aromatic ring is 1. The van der Waals surface area contributed by atoms with Gasteiger partial charge < -0.3 is 10.5 Å². The van der Waals surface area contributed by atoms with E-state index in [4.69, 9.17) is 10.5 Å². The Morgan fingerprint density at radius 2 is 2.19 bits per heavy atom. The summed E-state index contributed by atoms with van der Waals surface area (Å²) in [7, 11) is -2.14. The third-order valence-electron chi connectivity index (χ3n) is 3.73. The molecule has 2 rings (SSSR count). The van der Waals surface area contributed by atoms with Crippen LogP contribution in [0.5, 0.6) is 0 Å². The Bertz CT molecular complexity index is 590. The zero-order chi connectivity index (χ0) is 15.6. The minimum Gasteiger partial charge on any atom is -0.396 e. The van der Waals surface area contributed by atoms with Crippen molar-refractivity contribution in [1.82, 2.24) is 4.31 Å². The third kappa shape index (κ3) is 3.53. The second-order valence-corrected chi connectivity index (χ2v) is 7.56. The van der Waals surface area contributed by atoms with E-state index in [0.29, 0.717) is 13.2 Å². The number of halogens is 1. The number of ether oxygens (including phenoxy) is 1. The van der Waals surface area contributed by atoms with E-state index in [-0.39, 0.29) is 22.1 Å². The molecule has 1 heterocycles. The third-order valence-corrected chi connectivity index (χ3v) is 5.54. The van der Waals surface area contributed by atoms with E-state index in [1.54, 1.807) is 0 Å². The molecule has 0 bridgehead atoms. The summed E-state index contributed by atoms with van der Waals surface area (Å²) in [4.78, 5) is 0.0260. The van der Waals surface area contributed by atoms with E-state index < -0.39 is 15.8 Å². The van der Waals surface area contributed by atoms with Gasteiger partial charge in [0.2, 0.25) is 10.0 Å². The van der Waals surface area contributed by atoms with Crippen LogP contribution in [0.3, 0.4) is 0 Å². The summed E-state index contributed by atoms with van der Waals surface area (Å²) in [6.45, 7) is 3.20. The number of anilines is 1. The van der Waals surface area contributed by atoms with Crippen molar-refractivity contribution < 1.29 is 17.5 Å². The molecule has 7 heteroatoms. The first kappa shape index (κ1) is 16.2. The van der Waals surface area contributed by atoms with Gasteiger partial charge in [-0.25, -0.2) is 17.1 Å². The first-order chi connectivity index (χ1) is 9.82. The number of rotatable bonds is 4. The standard InChI is InChI=1S/C14H21FN2O3S/c1-10-6-12(7-13(16)14(10)15)21(18,19)17(2)8-11-4-3-5-20-9-11/h6-7,11H,3-5,8-9,16H2,1-2H3. The molecule has 1 aliphatic heterocycles. The fourth-order valence-corrected chi connectivity index (χ4v) is 3.87. The van der Waals surface area contributed by atoms with Crippen molar-refractivity contribution in [3.05, 3.63) is 23.5 Å². The molecule has 21 heavy (non-hydrogen) atoms. The van der Waals surface area contributed by atoms with Crippen LogP contribution < -0.4 is 5.73 Å². The van der Waals surface area contributed by atoms with Crippen molar-refractivity contribution >= 4 is 15.7 Å². The van der Waals surface area contributed by atoms with E-state index in [0.717, 1.165) is 19.4 Å². The van der Waals surface area contributed by atoms with Crippen LogP contribution in [0.25, 0.3) is 0 Å².